The Kier molecular flexibility index (Phi) is 11.7. The van der Waals surface area contributed by atoms with Crippen LogP contribution in [0.3, 0.4) is 0 Å². The van der Waals surface area contributed by atoms with Crippen molar-refractivity contribution in [2.24, 2.45) is 11.8 Å². The van der Waals surface area contributed by atoms with Gasteiger partial charge in [0.05, 0.1) is 9.79 Å². The molecule has 2 aliphatic heterocycles. The third-order valence-corrected chi connectivity index (χ3v) is 13.6. The van der Waals surface area contributed by atoms with Gasteiger partial charge in [-0.25, -0.2) is 16.8 Å². The van der Waals surface area contributed by atoms with Gasteiger partial charge in [0.15, 0.2) is 0 Å². The molecule has 4 aromatic carbocycles. The second-order valence-electron chi connectivity index (χ2n) is 13.6. The first-order chi connectivity index (χ1) is 24.5. The molecule has 8 rings (SSSR count). The number of carboxylic acids is 1. The number of amides is 1. The highest BCUT2D eigenvalue weighted by Gasteiger charge is 2.33. The molecule has 1 amide bonds. The zero-order valence-electron chi connectivity index (χ0n) is 28.7. The summed E-state index contributed by atoms with van der Waals surface area (Å²) in [4.78, 5) is 24.6. The number of fused-ring (bicyclic) bond motifs is 2. The van der Waals surface area contributed by atoms with Crippen LogP contribution in [0.4, 0.5) is 0 Å². The number of carbonyl (C=O) groups is 2. The van der Waals surface area contributed by atoms with E-state index in [9.17, 15) is 26.4 Å². The second kappa shape index (κ2) is 16.2. The fourth-order valence-electron chi connectivity index (χ4n) is 6.45. The molecule has 2 aliphatic carbocycles. The van der Waals surface area contributed by atoms with E-state index >= 15 is 0 Å². The minimum Gasteiger partial charge on any atom is -0.481 e. The third kappa shape index (κ3) is 9.32. The predicted octanol–water partition coefficient (Wildman–Crippen LogP) is 4.78. The van der Waals surface area contributed by atoms with Crippen molar-refractivity contribution in [3.05, 3.63) is 84.9 Å². The van der Waals surface area contributed by atoms with Gasteiger partial charge in [-0.3, -0.25) is 9.59 Å². The molecule has 2 saturated heterocycles. The smallest absolute Gasteiger partial charge is 0.303 e. The van der Waals surface area contributed by atoms with Crippen molar-refractivity contribution in [2.75, 3.05) is 52.4 Å². The molecule has 0 atom stereocenters. The monoisotopic (exact) mass is 734 g/mol. The minimum absolute atomic E-state index is 0.171. The fraction of sp³-hybridized carbons (Fsp3) is 0.421. The van der Waals surface area contributed by atoms with E-state index in [1.54, 1.807) is 28.6 Å². The van der Waals surface area contributed by atoms with Crippen LogP contribution < -0.4 is 5.32 Å². The molecule has 2 heterocycles. The average Bonchev–Trinajstić information content (AvgIpc) is 4.10. The first kappa shape index (κ1) is 36.9. The predicted molar refractivity (Wildman–Crippen MR) is 197 cm³/mol. The Hall–Kier alpha value is -3.88. The summed E-state index contributed by atoms with van der Waals surface area (Å²) in [5.41, 5.74) is 0. The van der Waals surface area contributed by atoms with E-state index in [1.165, 1.54) is 4.31 Å². The van der Waals surface area contributed by atoms with Crippen molar-refractivity contribution in [3.63, 3.8) is 0 Å². The summed E-state index contributed by atoms with van der Waals surface area (Å²) in [5, 5.41) is 14.7. The highest BCUT2D eigenvalue weighted by Crippen LogP contribution is 2.34. The molecule has 2 saturated carbocycles. The van der Waals surface area contributed by atoms with Gasteiger partial charge in [0, 0.05) is 76.0 Å². The lowest BCUT2D eigenvalue weighted by molar-refractivity contribution is -0.137. The molecule has 0 aromatic heterocycles. The van der Waals surface area contributed by atoms with Crippen molar-refractivity contribution in [1.29, 1.82) is 0 Å². The second-order valence-corrected chi connectivity index (χ2v) is 17.4. The van der Waals surface area contributed by atoms with Crippen LogP contribution in [0.2, 0.25) is 0 Å². The van der Waals surface area contributed by atoms with Crippen LogP contribution in [0.15, 0.2) is 94.7 Å². The summed E-state index contributed by atoms with van der Waals surface area (Å²) in [6.07, 6.45) is 5.58. The van der Waals surface area contributed by atoms with E-state index in [0.29, 0.717) is 86.8 Å². The normalized spacial score (nSPS) is 18.7. The number of carbonyl (C=O) groups excluding carboxylic acids is 1. The molecule has 51 heavy (non-hydrogen) atoms. The van der Waals surface area contributed by atoms with Gasteiger partial charge in [0.1, 0.15) is 0 Å². The number of nitrogens with one attached hydrogen (secondary N) is 1. The zero-order chi connectivity index (χ0) is 36.0. The summed E-state index contributed by atoms with van der Waals surface area (Å²) in [6, 6.07) is 25.9. The van der Waals surface area contributed by atoms with Gasteiger partial charge in [-0.1, -0.05) is 72.8 Å². The van der Waals surface area contributed by atoms with Crippen LogP contribution in [-0.2, 0) is 29.6 Å². The summed E-state index contributed by atoms with van der Waals surface area (Å²) in [6.45, 7) is 4.18. The topological polar surface area (TPSA) is 144 Å². The van der Waals surface area contributed by atoms with Crippen LogP contribution in [-0.4, -0.2) is 99.7 Å². The van der Waals surface area contributed by atoms with Gasteiger partial charge in [0.25, 0.3) is 0 Å². The molecule has 0 radical (unpaired) electrons. The highest BCUT2D eigenvalue weighted by molar-refractivity contribution is 7.89. The number of rotatable bonds is 8. The Labute approximate surface area is 300 Å². The van der Waals surface area contributed by atoms with Gasteiger partial charge in [-0.05, 0) is 60.4 Å². The fourth-order valence-corrected chi connectivity index (χ4v) is 9.74. The van der Waals surface area contributed by atoms with Crippen molar-refractivity contribution < 1.29 is 31.5 Å². The van der Waals surface area contributed by atoms with E-state index in [2.05, 4.69) is 5.32 Å². The SMILES string of the molecule is O=C(CC1CC1)N1CCN(S(=O)(=O)c2cccc3ccccc23)CC1.O=C(O)CC1CC1.O=S(=O)(c1cccc2ccccc12)N1CCNCC1. The number of hydrogen-bond acceptors (Lipinski definition) is 7. The summed E-state index contributed by atoms with van der Waals surface area (Å²) >= 11 is 0. The Morgan fingerprint density at radius 1 is 0.588 bits per heavy atom. The molecule has 13 heteroatoms. The van der Waals surface area contributed by atoms with Crippen LogP contribution in [0.25, 0.3) is 21.5 Å². The van der Waals surface area contributed by atoms with Crippen LogP contribution >= 0.6 is 0 Å². The Morgan fingerprint density at radius 2 is 1.02 bits per heavy atom. The highest BCUT2D eigenvalue weighted by atomic mass is 32.2. The van der Waals surface area contributed by atoms with Crippen LogP contribution in [0.5, 0.6) is 0 Å². The maximum Gasteiger partial charge on any atom is 0.303 e. The van der Waals surface area contributed by atoms with Crippen molar-refractivity contribution in [2.45, 2.75) is 48.3 Å². The molecule has 0 bridgehead atoms. The Balaban J connectivity index is 0.000000151. The summed E-state index contributed by atoms with van der Waals surface area (Å²) in [7, 11) is -6.95. The first-order valence-corrected chi connectivity index (χ1v) is 20.6. The molecule has 4 fully saturated rings. The number of sulfonamides is 2. The number of piperazine rings is 2. The minimum atomic E-state index is -3.55. The van der Waals surface area contributed by atoms with E-state index in [1.807, 2.05) is 65.6 Å². The number of hydrogen-bond donors (Lipinski definition) is 2. The maximum atomic E-state index is 13.1. The van der Waals surface area contributed by atoms with Gasteiger partial charge in [-0.2, -0.15) is 8.61 Å². The van der Waals surface area contributed by atoms with Crippen molar-refractivity contribution in [1.82, 2.24) is 18.8 Å². The van der Waals surface area contributed by atoms with Gasteiger partial charge < -0.3 is 15.3 Å². The van der Waals surface area contributed by atoms with Gasteiger partial charge >= 0.3 is 5.97 Å². The van der Waals surface area contributed by atoms with E-state index in [0.717, 1.165) is 47.2 Å². The van der Waals surface area contributed by atoms with E-state index in [-0.39, 0.29) is 5.91 Å². The van der Waals surface area contributed by atoms with Crippen LogP contribution in [0, 0.1) is 11.8 Å². The lowest BCUT2D eigenvalue weighted by Gasteiger charge is -2.34. The molecule has 0 unspecified atom stereocenters. The number of aliphatic carboxylic acids is 1. The Morgan fingerprint density at radius 3 is 1.47 bits per heavy atom. The third-order valence-electron chi connectivity index (χ3n) is 9.72. The number of nitrogens with zero attached hydrogens (tertiary/aromatic N) is 3. The zero-order valence-corrected chi connectivity index (χ0v) is 30.3. The van der Waals surface area contributed by atoms with Crippen LogP contribution in [0.1, 0.15) is 38.5 Å². The number of benzene rings is 4. The van der Waals surface area contributed by atoms with E-state index in [4.69, 9.17) is 5.11 Å². The molecule has 0 spiro atoms. The molecule has 4 aromatic rings. The van der Waals surface area contributed by atoms with Gasteiger partial charge in [-0.15, -0.1) is 0 Å². The molecule has 272 valence electrons. The standard InChI is InChI=1S/C19H22N2O3S.C14H16N2O2S.C5H8O2/c22-19(14-15-8-9-15)20-10-12-21(13-11-20)25(23,24)18-7-3-5-16-4-1-2-6-17(16)18;17-19(18,16-10-8-15-9-11-16)14-7-3-5-12-4-1-2-6-13(12)14;6-5(7)3-4-1-2-4/h1-7,15H,8-14H2;1-7,15H,8-11H2;4H,1-3H2,(H,6,7). The van der Waals surface area contributed by atoms with Gasteiger partial charge in [0.2, 0.25) is 26.0 Å². The first-order valence-electron chi connectivity index (χ1n) is 17.7. The molecular weight excluding hydrogens is 689 g/mol. The quantitative estimate of drug-likeness (QED) is 0.264. The molecule has 4 aliphatic rings. The largest absolute Gasteiger partial charge is 0.481 e. The van der Waals surface area contributed by atoms with E-state index < -0.39 is 26.0 Å². The Bertz CT molecular complexity index is 2060. The number of carboxylic acid groups (broad SMARTS) is 1. The van der Waals surface area contributed by atoms with Crippen molar-refractivity contribution in [3.8, 4) is 0 Å². The maximum absolute atomic E-state index is 13.1. The summed E-state index contributed by atoms with van der Waals surface area (Å²) < 4.78 is 54.6. The molecular formula is C38H46N4O7S2. The lowest BCUT2D eigenvalue weighted by Crippen LogP contribution is -2.50. The molecule has 2 N–H and O–H groups in total. The van der Waals surface area contributed by atoms with Crippen molar-refractivity contribution >= 4 is 53.5 Å². The summed E-state index contributed by atoms with van der Waals surface area (Å²) in [5.74, 6) is 0.606. The average molecular weight is 735 g/mol. The molecule has 11 nitrogen and oxygen atoms in total. The lowest BCUT2D eigenvalue weighted by atomic mass is 10.1.